The van der Waals surface area contributed by atoms with E-state index in [1.54, 1.807) is 32.9 Å². The van der Waals surface area contributed by atoms with Crippen molar-refractivity contribution in [2.45, 2.75) is 65.7 Å². The van der Waals surface area contributed by atoms with Crippen molar-refractivity contribution in [1.82, 2.24) is 10.2 Å². The van der Waals surface area contributed by atoms with Crippen LogP contribution in [-0.2, 0) is 9.53 Å². The normalized spacial score (nSPS) is 17.8. The minimum absolute atomic E-state index is 0.0356. The Bertz CT molecular complexity index is 904. The molecule has 1 aromatic rings. The number of hydrogen-bond donors (Lipinski definition) is 2. The molecule has 6 nitrogen and oxygen atoms in total. The van der Waals surface area contributed by atoms with Gasteiger partial charge in [-0.2, -0.15) is 9.49 Å². The minimum atomic E-state index is -2.14. The molecule has 32 heavy (non-hydrogen) atoms. The Morgan fingerprint density at radius 1 is 1.44 bits per heavy atom. The molecule has 1 heterocycles. The summed E-state index contributed by atoms with van der Waals surface area (Å²) in [5.41, 5.74) is 1.86. The maximum Gasteiger partial charge on any atom is 0.266 e. The lowest BCUT2D eigenvalue weighted by molar-refractivity contribution is -0.118. The van der Waals surface area contributed by atoms with Gasteiger partial charge in [0.25, 0.3) is 6.36 Å². The lowest BCUT2D eigenvalue weighted by Gasteiger charge is -2.17. The Hall–Kier alpha value is -2.48. The van der Waals surface area contributed by atoms with Gasteiger partial charge in [0.1, 0.15) is 5.76 Å². The number of carbonyl (C=O) groups excluding carboxylic acids is 1. The number of aromatic nitrogens is 2. The molecule has 0 saturated heterocycles. The summed E-state index contributed by atoms with van der Waals surface area (Å²) in [5.74, 6) is 0.0958. The molecule has 176 valence electrons. The van der Waals surface area contributed by atoms with Crippen LogP contribution in [0.4, 0.5) is 14.6 Å². The SMILES string of the molecule is C\C=C(/N=C(CCC)\C(=C/C(Cl)=C\C)OC(F)CF)[C@@H](C)C(=O)Nc1cc(C2CC2)[nH]n1. The number of aliphatic imine (C=N–C) groups is 1. The molecule has 0 aromatic carbocycles. The smallest absolute Gasteiger partial charge is 0.266 e. The van der Waals surface area contributed by atoms with Crippen LogP contribution in [0.3, 0.4) is 0 Å². The van der Waals surface area contributed by atoms with E-state index >= 15 is 0 Å². The fraction of sp³-hybridized carbons (Fsp3) is 0.522. The van der Waals surface area contributed by atoms with Gasteiger partial charge in [-0.15, -0.1) is 0 Å². The number of halogens is 3. The number of amides is 1. The standard InChI is InChI=1S/C23H31ClF2N4O2/c1-5-8-18(20(11-16(24)6-2)32-21(26)13-25)27-17(7-3)14(4)23(31)28-22-12-19(29-30-22)15-9-10-15/h6-7,11-12,14-15,21H,5,8-10,13H2,1-4H3,(H2,28,29,30,31)/b16-6+,17-7-,20-11+,27-18-/t14-,21?/m1/s1. The van der Waals surface area contributed by atoms with Crippen molar-refractivity contribution in [3.63, 3.8) is 0 Å². The van der Waals surface area contributed by atoms with E-state index in [2.05, 4.69) is 20.5 Å². The van der Waals surface area contributed by atoms with Crippen LogP contribution in [0.15, 0.2) is 45.8 Å². The highest BCUT2D eigenvalue weighted by molar-refractivity contribution is 6.31. The Morgan fingerprint density at radius 3 is 2.72 bits per heavy atom. The molecular weight excluding hydrogens is 438 g/mol. The van der Waals surface area contributed by atoms with Gasteiger partial charge in [-0.25, -0.2) is 4.39 Å². The Kier molecular flexibility index (Phi) is 10.1. The Balaban J connectivity index is 2.24. The average Bonchev–Trinajstić information content (AvgIpc) is 3.54. The molecule has 1 aromatic heterocycles. The predicted octanol–water partition coefficient (Wildman–Crippen LogP) is 6.31. The summed E-state index contributed by atoms with van der Waals surface area (Å²) < 4.78 is 31.6. The van der Waals surface area contributed by atoms with Crippen molar-refractivity contribution in [2.24, 2.45) is 10.9 Å². The molecule has 9 heteroatoms. The second kappa shape index (κ2) is 12.5. The fourth-order valence-electron chi connectivity index (χ4n) is 2.97. The summed E-state index contributed by atoms with van der Waals surface area (Å²) in [6.07, 6.45) is 5.92. The van der Waals surface area contributed by atoms with E-state index in [4.69, 9.17) is 16.3 Å². The summed E-state index contributed by atoms with van der Waals surface area (Å²) >= 11 is 6.08. The first kappa shape index (κ1) is 25.8. The summed E-state index contributed by atoms with van der Waals surface area (Å²) in [6.45, 7) is 5.81. The first-order valence-electron chi connectivity index (χ1n) is 10.8. The number of H-pyrrole nitrogens is 1. The molecule has 1 aliphatic carbocycles. The van der Waals surface area contributed by atoms with Gasteiger partial charge in [0, 0.05) is 34.5 Å². The van der Waals surface area contributed by atoms with Crippen LogP contribution >= 0.6 is 11.6 Å². The highest BCUT2D eigenvalue weighted by atomic mass is 35.5. The van der Waals surface area contributed by atoms with E-state index in [-0.39, 0.29) is 11.7 Å². The molecule has 2 rings (SSSR count). The van der Waals surface area contributed by atoms with Crippen LogP contribution in [0.1, 0.15) is 65.0 Å². The zero-order valence-electron chi connectivity index (χ0n) is 18.9. The van der Waals surface area contributed by atoms with Gasteiger partial charge in [0.05, 0.1) is 11.6 Å². The number of ether oxygens (including phenoxy) is 1. The van der Waals surface area contributed by atoms with E-state index in [1.807, 2.05) is 13.0 Å². The number of alkyl halides is 2. The highest BCUT2D eigenvalue weighted by Crippen LogP contribution is 2.39. The van der Waals surface area contributed by atoms with E-state index in [9.17, 15) is 13.6 Å². The van der Waals surface area contributed by atoms with Gasteiger partial charge in [-0.05, 0) is 40.0 Å². The van der Waals surface area contributed by atoms with Crippen LogP contribution in [0.2, 0.25) is 0 Å². The third-order valence-electron chi connectivity index (χ3n) is 4.96. The van der Waals surface area contributed by atoms with Crippen LogP contribution < -0.4 is 5.32 Å². The maximum atomic E-state index is 13.7. The summed E-state index contributed by atoms with van der Waals surface area (Å²) in [4.78, 5) is 17.4. The van der Waals surface area contributed by atoms with Gasteiger partial charge >= 0.3 is 0 Å². The third kappa shape index (κ3) is 7.58. The van der Waals surface area contributed by atoms with E-state index in [0.717, 1.165) is 18.5 Å². The summed E-state index contributed by atoms with van der Waals surface area (Å²) in [6, 6.07) is 1.84. The van der Waals surface area contributed by atoms with Crippen LogP contribution in [0.5, 0.6) is 0 Å². The molecule has 1 fully saturated rings. The zero-order valence-corrected chi connectivity index (χ0v) is 19.7. The number of carbonyl (C=O) groups is 1. The van der Waals surface area contributed by atoms with E-state index in [0.29, 0.717) is 41.0 Å². The topological polar surface area (TPSA) is 79.4 Å². The van der Waals surface area contributed by atoms with E-state index < -0.39 is 19.0 Å². The monoisotopic (exact) mass is 468 g/mol. The zero-order chi connectivity index (χ0) is 23.7. The molecule has 0 radical (unpaired) electrons. The first-order chi connectivity index (χ1) is 15.3. The number of rotatable bonds is 12. The molecule has 0 bridgehead atoms. The second-order valence-corrected chi connectivity index (χ2v) is 8.02. The quantitative estimate of drug-likeness (QED) is 0.214. The predicted molar refractivity (Wildman–Crippen MR) is 124 cm³/mol. The average molecular weight is 469 g/mol. The number of allylic oxidation sites excluding steroid dienone is 5. The summed E-state index contributed by atoms with van der Waals surface area (Å²) in [7, 11) is 0. The van der Waals surface area contributed by atoms with Crippen LogP contribution in [0.25, 0.3) is 0 Å². The Labute approximate surface area is 192 Å². The van der Waals surface area contributed by atoms with Gasteiger partial charge in [0.2, 0.25) is 5.91 Å². The molecule has 1 unspecified atom stereocenters. The number of aromatic amines is 1. The van der Waals surface area contributed by atoms with E-state index in [1.165, 1.54) is 6.08 Å². The molecule has 0 aliphatic heterocycles. The number of nitrogens with zero attached hydrogens (tertiary/aromatic N) is 2. The third-order valence-corrected chi connectivity index (χ3v) is 5.28. The molecule has 2 atom stereocenters. The molecule has 1 aliphatic rings. The number of hydrogen-bond acceptors (Lipinski definition) is 4. The van der Waals surface area contributed by atoms with Crippen molar-refractivity contribution in [3.8, 4) is 0 Å². The summed E-state index contributed by atoms with van der Waals surface area (Å²) in [5, 5.41) is 10.2. The largest absolute Gasteiger partial charge is 0.456 e. The fourth-order valence-corrected chi connectivity index (χ4v) is 3.07. The molecule has 2 N–H and O–H groups in total. The van der Waals surface area contributed by atoms with Gasteiger partial charge < -0.3 is 10.1 Å². The highest BCUT2D eigenvalue weighted by Gasteiger charge is 2.26. The number of anilines is 1. The van der Waals surface area contributed by atoms with Crippen LogP contribution in [-0.4, -0.2) is 34.8 Å². The van der Waals surface area contributed by atoms with Crippen LogP contribution in [0, 0.1) is 5.92 Å². The van der Waals surface area contributed by atoms with Gasteiger partial charge in [0.15, 0.2) is 12.5 Å². The van der Waals surface area contributed by atoms with Crippen molar-refractivity contribution in [1.29, 1.82) is 0 Å². The molecule has 0 spiro atoms. The lowest BCUT2D eigenvalue weighted by atomic mass is 10.1. The lowest BCUT2D eigenvalue weighted by Crippen LogP contribution is -2.23. The molecule has 1 amide bonds. The second-order valence-electron chi connectivity index (χ2n) is 7.58. The van der Waals surface area contributed by atoms with Gasteiger partial charge in [-0.1, -0.05) is 37.1 Å². The van der Waals surface area contributed by atoms with Crippen molar-refractivity contribution >= 4 is 29.0 Å². The van der Waals surface area contributed by atoms with Crippen molar-refractivity contribution in [2.75, 3.05) is 12.0 Å². The molecule has 1 saturated carbocycles. The maximum absolute atomic E-state index is 13.7. The number of nitrogens with one attached hydrogen (secondary N) is 2. The van der Waals surface area contributed by atoms with Crippen molar-refractivity contribution in [3.05, 3.63) is 46.5 Å². The minimum Gasteiger partial charge on any atom is -0.456 e. The van der Waals surface area contributed by atoms with Crippen molar-refractivity contribution < 1.29 is 18.3 Å². The van der Waals surface area contributed by atoms with Gasteiger partial charge in [-0.3, -0.25) is 14.9 Å². The first-order valence-corrected chi connectivity index (χ1v) is 11.2. The Morgan fingerprint density at radius 2 is 2.16 bits per heavy atom. The molecular formula is C23H31ClF2N4O2.